The van der Waals surface area contributed by atoms with Gasteiger partial charge in [-0.1, -0.05) is 11.8 Å². The van der Waals surface area contributed by atoms with Crippen molar-refractivity contribution in [3.8, 4) is 0 Å². The highest BCUT2D eigenvalue weighted by Crippen LogP contribution is 2.28. The second-order valence-electron chi connectivity index (χ2n) is 3.97. The Balaban J connectivity index is 2.22. The molecule has 0 aliphatic rings. The Bertz CT molecular complexity index is 697. The van der Waals surface area contributed by atoms with E-state index in [9.17, 15) is 8.42 Å². The maximum Gasteiger partial charge on any atom is 0.175 e. The second-order valence-corrected chi connectivity index (χ2v) is 7.08. The number of rotatable bonds is 3. The number of aromatic nitrogens is 1. The predicted octanol–water partition coefficient (Wildman–Crippen LogP) is 1.80. The molecule has 5 nitrogen and oxygen atoms in total. The number of benzene rings is 1. The third kappa shape index (κ3) is 3.39. The molecule has 1 heterocycles. The van der Waals surface area contributed by atoms with E-state index in [1.807, 2.05) is 0 Å². The molecule has 2 rings (SSSR count). The van der Waals surface area contributed by atoms with Crippen LogP contribution in [0.3, 0.4) is 0 Å². The molecule has 0 spiro atoms. The summed E-state index contributed by atoms with van der Waals surface area (Å²) in [5, 5.41) is 0.707. The van der Waals surface area contributed by atoms with Crippen LogP contribution in [0.4, 0.5) is 11.5 Å². The molecule has 0 saturated heterocycles. The Morgan fingerprint density at radius 2 is 1.68 bits per heavy atom. The third-order valence-corrected chi connectivity index (χ3v) is 4.48. The van der Waals surface area contributed by atoms with Crippen molar-refractivity contribution in [1.29, 1.82) is 0 Å². The van der Waals surface area contributed by atoms with Crippen molar-refractivity contribution < 1.29 is 8.42 Å². The number of nitrogens with two attached hydrogens (primary N) is 2. The number of nitrogen functional groups attached to an aromatic ring is 2. The van der Waals surface area contributed by atoms with E-state index in [1.54, 1.807) is 36.4 Å². The van der Waals surface area contributed by atoms with Gasteiger partial charge in [0, 0.05) is 11.2 Å². The Morgan fingerprint density at radius 1 is 1.05 bits per heavy atom. The molecule has 19 heavy (non-hydrogen) atoms. The molecule has 4 N–H and O–H groups in total. The first kappa shape index (κ1) is 13.7. The smallest absolute Gasteiger partial charge is 0.175 e. The average Bonchev–Trinajstić information content (AvgIpc) is 2.33. The van der Waals surface area contributed by atoms with Gasteiger partial charge in [0.25, 0.3) is 0 Å². The number of sulfone groups is 1. The van der Waals surface area contributed by atoms with Crippen molar-refractivity contribution in [1.82, 2.24) is 4.98 Å². The fourth-order valence-corrected chi connectivity index (χ4v) is 2.82. The van der Waals surface area contributed by atoms with Gasteiger partial charge < -0.3 is 11.5 Å². The number of nitrogens with zero attached hydrogens (tertiary/aromatic N) is 1. The first-order valence-corrected chi connectivity index (χ1v) is 8.07. The number of anilines is 2. The molecule has 7 heteroatoms. The summed E-state index contributed by atoms with van der Waals surface area (Å²) in [5.74, 6) is 0.290. The molecular formula is C12H13N3O2S2. The molecule has 100 valence electrons. The Hall–Kier alpha value is -1.73. The van der Waals surface area contributed by atoms with Crippen molar-refractivity contribution in [2.75, 3.05) is 17.7 Å². The first-order valence-electron chi connectivity index (χ1n) is 5.36. The highest BCUT2D eigenvalue weighted by atomic mass is 32.2. The summed E-state index contributed by atoms with van der Waals surface area (Å²) in [7, 11) is -3.17. The maximum atomic E-state index is 11.3. The summed E-state index contributed by atoms with van der Waals surface area (Å²) in [6, 6.07) is 10.1. The van der Waals surface area contributed by atoms with Gasteiger partial charge in [0.2, 0.25) is 0 Å². The van der Waals surface area contributed by atoms with E-state index >= 15 is 0 Å². The molecule has 0 amide bonds. The van der Waals surface area contributed by atoms with Gasteiger partial charge in [-0.05, 0) is 36.4 Å². The van der Waals surface area contributed by atoms with Crippen molar-refractivity contribution in [2.24, 2.45) is 0 Å². The second kappa shape index (κ2) is 5.10. The minimum atomic E-state index is -3.17. The normalized spacial score (nSPS) is 11.4. The molecule has 1 aromatic heterocycles. The van der Waals surface area contributed by atoms with E-state index in [0.29, 0.717) is 15.6 Å². The van der Waals surface area contributed by atoms with Crippen LogP contribution in [0.1, 0.15) is 0 Å². The summed E-state index contributed by atoms with van der Waals surface area (Å²) in [6.45, 7) is 0. The lowest BCUT2D eigenvalue weighted by molar-refractivity contribution is 0.602. The van der Waals surface area contributed by atoms with Gasteiger partial charge in [-0.3, -0.25) is 0 Å². The standard InChI is InChI=1S/C12H13N3O2S2/c1-19(16,17)9-4-2-8(3-5-9)18-11-7-6-10(13)12(14)15-11/h2-7H,13H2,1H3,(H2,14,15). The zero-order valence-corrected chi connectivity index (χ0v) is 11.8. The molecule has 0 atom stereocenters. The lowest BCUT2D eigenvalue weighted by Crippen LogP contribution is -1.98. The molecule has 0 aliphatic heterocycles. The minimum absolute atomic E-state index is 0.290. The lowest BCUT2D eigenvalue weighted by atomic mass is 10.4. The first-order chi connectivity index (χ1) is 8.86. The molecular weight excluding hydrogens is 282 g/mol. The van der Waals surface area contributed by atoms with Crippen molar-refractivity contribution >= 4 is 33.1 Å². The Kier molecular flexibility index (Phi) is 3.68. The number of pyridine rings is 1. The minimum Gasteiger partial charge on any atom is -0.396 e. The largest absolute Gasteiger partial charge is 0.396 e. The maximum absolute atomic E-state index is 11.3. The molecule has 0 bridgehead atoms. The monoisotopic (exact) mass is 295 g/mol. The molecule has 0 unspecified atom stereocenters. The Labute approximate surface area is 116 Å². The van der Waals surface area contributed by atoms with E-state index in [0.717, 1.165) is 4.90 Å². The molecule has 0 saturated carbocycles. The van der Waals surface area contributed by atoms with Crippen LogP contribution < -0.4 is 11.5 Å². The van der Waals surface area contributed by atoms with Gasteiger partial charge >= 0.3 is 0 Å². The van der Waals surface area contributed by atoms with Gasteiger partial charge in [0.1, 0.15) is 10.8 Å². The highest BCUT2D eigenvalue weighted by molar-refractivity contribution is 7.99. The average molecular weight is 295 g/mol. The summed E-state index contributed by atoms with van der Waals surface area (Å²) in [5.41, 5.74) is 11.7. The van der Waals surface area contributed by atoms with E-state index in [1.165, 1.54) is 18.0 Å². The fourth-order valence-electron chi connectivity index (χ4n) is 1.40. The van der Waals surface area contributed by atoms with Crippen molar-refractivity contribution in [3.05, 3.63) is 36.4 Å². The summed E-state index contributed by atoms with van der Waals surface area (Å²) in [6.07, 6.45) is 1.18. The zero-order chi connectivity index (χ0) is 14.0. The van der Waals surface area contributed by atoms with Gasteiger partial charge in [-0.2, -0.15) is 0 Å². The van der Waals surface area contributed by atoms with Crippen LogP contribution in [-0.4, -0.2) is 19.7 Å². The quantitative estimate of drug-likeness (QED) is 0.895. The summed E-state index contributed by atoms with van der Waals surface area (Å²) < 4.78 is 22.7. The van der Waals surface area contributed by atoms with Crippen molar-refractivity contribution in [3.63, 3.8) is 0 Å². The topological polar surface area (TPSA) is 99.1 Å². The van der Waals surface area contributed by atoms with Crippen LogP contribution in [0.5, 0.6) is 0 Å². The van der Waals surface area contributed by atoms with Crippen LogP contribution in [0, 0.1) is 0 Å². The van der Waals surface area contributed by atoms with Crippen LogP contribution in [0.15, 0.2) is 51.2 Å². The van der Waals surface area contributed by atoms with E-state index < -0.39 is 9.84 Å². The van der Waals surface area contributed by atoms with Crippen LogP contribution in [-0.2, 0) is 9.84 Å². The predicted molar refractivity (Wildman–Crippen MR) is 76.7 cm³/mol. The highest BCUT2D eigenvalue weighted by Gasteiger charge is 2.07. The molecule has 2 aromatic rings. The van der Waals surface area contributed by atoms with E-state index in [-0.39, 0.29) is 5.82 Å². The molecule has 0 fully saturated rings. The van der Waals surface area contributed by atoms with Gasteiger partial charge in [0.05, 0.1) is 10.6 Å². The summed E-state index contributed by atoms with van der Waals surface area (Å²) >= 11 is 1.39. The van der Waals surface area contributed by atoms with Gasteiger partial charge in [-0.15, -0.1) is 0 Å². The van der Waals surface area contributed by atoms with Crippen molar-refractivity contribution in [2.45, 2.75) is 14.8 Å². The molecule has 0 radical (unpaired) electrons. The van der Waals surface area contributed by atoms with Crippen LogP contribution in [0.2, 0.25) is 0 Å². The third-order valence-electron chi connectivity index (χ3n) is 2.41. The van der Waals surface area contributed by atoms with Gasteiger partial charge in [0.15, 0.2) is 9.84 Å². The summed E-state index contributed by atoms with van der Waals surface area (Å²) in [4.78, 5) is 5.31. The molecule has 1 aromatic carbocycles. The number of hydrogen-bond donors (Lipinski definition) is 2. The van der Waals surface area contributed by atoms with Crippen LogP contribution >= 0.6 is 11.8 Å². The lowest BCUT2D eigenvalue weighted by Gasteiger charge is -2.04. The fraction of sp³-hybridized carbons (Fsp3) is 0.0833. The number of hydrogen-bond acceptors (Lipinski definition) is 6. The zero-order valence-electron chi connectivity index (χ0n) is 10.2. The van der Waals surface area contributed by atoms with Gasteiger partial charge in [-0.25, -0.2) is 13.4 Å². The SMILES string of the molecule is CS(=O)(=O)c1ccc(Sc2ccc(N)c(N)n2)cc1. The molecule has 0 aliphatic carbocycles. The van der Waals surface area contributed by atoms with E-state index in [4.69, 9.17) is 11.5 Å². The van der Waals surface area contributed by atoms with E-state index in [2.05, 4.69) is 4.98 Å². The Morgan fingerprint density at radius 3 is 2.21 bits per heavy atom. The van der Waals surface area contributed by atoms with Crippen LogP contribution in [0.25, 0.3) is 0 Å².